The summed E-state index contributed by atoms with van der Waals surface area (Å²) < 4.78 is 0.316. The second-order valence-electron chi connectivity index (χ2n) is 5.67. The molecule has 26 heavy (non-hydrogen) atoms. The third-order valence-corrected chi connectivity index (χ3v) is 5.19. The van der Waals surface area contributed by atoms with Gasteiger partial charge in [0.05, 0.1) is 17.4 Å². The third-order valence-electron chi connectivity index (χ3n) is 3.86. The lowest BCUT2D eigenvalue weighted by molar-refractivity contribution is -0.138. The third kappa shape index (κ3) is 3.95. The van der Waals surface area contributed by atoms with Crippen molar-refractivity contribution in [1.29, 1.82) is 0 Å². The largest absolute Gasteiger partial charge is 0.508 e. The molecule has 1 amide bonds. The quantitative estimate of drug-likeness (QED) is 0.602. The zero-order chi connectivity index (χ0) is 18.7. The van der Waals surface area contributed by atoms with Crippen molar-refractivity contribution in [2.24, 2.45) is 0 Å². The van der Waals surface area contributed by atoms with Crippen LogP contribution in [-0.4, -0.2) is 31.3 Å². The van der Waals surface area contributed by atoms with Gasteiger partial charge in [-0.3, -0.25) is 14.5 Å². The zero-order valence-electron chi connectivity index (χ0n) is 13.5. The molecule has 0 aromatic heterocycles. The number of carboxylic acid groups (broad SMARTS) is 1. The van der Waals surface area contributed by atoms with Crippen molar-refractivity contribution in [3.05, 3.63) is 70.6 Å². The normalized spacial score (nSPS) is 16.9. The van der Waals surface area contributed by atoms with E-state index in [0.717, 1.165) is 11.8 Å². The summed E-state index contributed by atoms with van der Waals surface area (Å²) in [7, 11) is 0. The minimum Gasteiger partial charge on any atom is -0.508 e. The highest BCUT2D eigenvalue weighted by Crippen LogP contribution is 2.39. The van der Waals surface area contributed by atoms with Crippen LogP contribution < -0.4 is 0 Å². The molecular formula is C19H15NO4S2. The number of carbonyl (C=O) groups excluding carboxylic acids is 1. The van der Waals surface area contributed by atoms with Gasteiger partial charge in [0.15, 0.2) is 0 Å². The first kappa shape index (κ1) is 18.2. The van der Waals surface area contributed by atoms with Crippen LogP contribution in [0.25, 0.3) is 6.08 Å². The lowest BCUT2D eigenvalue weighted by atomic mass is 10.0. The van der Waals surface area contributed by atoms with Crippen molar-refractivity contribution < 1.29 is 19.8 Å². The molecule has 1 aliphatic heterocycles. The van der Waals surface area contributed by atoms with E-state index in [0.29, 0.717) is 20.4 Å². The first-order valence-corrected chi connectivity index (χ1v) is 9.01. The molecule has 2 aromatic rings. The Balaban J connectivity index is 1.95. The van der Waals surface area contributed by atoms with Crippen molar-refractivity contribution >= 4 is 46.3 Å². The standard InChI is InChI=1S/C19H15NO4S2/c21-14-8-4-5-12(9-14)10-16-18(24)20(19(25)26-16)15(11-17(22)23)13-6-2-1-3-7-13/h1-10,15,21H,11H2,(H,22,23)/b16-10-/t15-/m0/s1. The predicted octanol–water partition coefficient (Wildman–Crippen LogP) is 3.81. The average molecular weight is 385 g/mol. The maximum Gasteiger partial charge on any atom is 0.305 e. The van der Waals surface area contributed by atoms with E-state index in [1.165, 1.54) is 4.90 Å². The van der Waals surface area contributed by atoms with Gasteiger partial charge >= 0.3 is 5.97 Å². The zero-order valence-corrected chi connectivity index (χ0v) is 15.2. The number of rotatable bonds is 5. The number of hydrogen-bond donors (Lipinski definition) is 2. The van der Waals surface area contributed by atoms with Crippen LogP contribution in [0.5, 0.6) is 5.75 Å². The van der Waals surface area contributed by atoms with Crippen LogP contribution in [-0.2, 0) is 9.59 Å². The molecule has 0 radical (unpaired) electrons. The molecule has 0 unspecified atom stereocenters. The Morgan fingerprint density at radius 3 is 2.58 bits per heavy atom. The van der Waals surface area contributed by atoms with E-state index in [1.54, 1.807) is 54.6 Å². The Labute approximate surface area is 160 Å². The number of nitrogens with zero attached hydrogens (tertiary/aromatic N) is 1. The Morgan fingerprint density at radius 1 is 1.19 bits per heavy atom. The molecule has 7 heteroatoms. The minimum atomic E-state index is -1.01. The van der Waals surface area contributed by atoms with Crippen LogP contribution in [0.4, 0.5) is 0 Å². The van der Waals surface area contributed by atoms with Gasteiger partial charge in [0, 0.05) is 0 Å². The molecule has 0 spiro atoms. The Hall–Kier alpha value is -2.64. The summed E-state index contributed by atoms with van der Waals surface area (Å²) in [5, 5.41) is 18.8. The molecule has 3 rings (SSSR count). The highest BCUT2D eigenvalue weighted by Gasteiger charge is 2.38. The van der Waals surface area contributed by atoms with Crippen molar-refractivity contribution in [3.8, 4) is 5.75 Å². The maximum absolute atomic E-state index is 12.9. The predicted molar refractivity (Wildman–Crippen MR) is 105 cm³/mol. The summed E-state index contributed by atoms with van der Waals surface area (Å²) in [5.74, 6) is -1.24. The van der Waals surface area contributed by atoms with Gasteiger partial charge in [0.25, 0.3) is 5.91 Å². The SMILES string of the molecule is O=C(O)C[C@@H](c1ccccc1)N1C(=O)/C(=C/c2cccc(O)c2)SC1=S. The highest BCUT2D eigenvalue weighted by molar-refractivity contribution is 8.26. The van der Waals surface area contributed by atoms with Gasteiger partial charge in [-0.05, 0) is 29.3 Å². The van der Waals surface area contributed by atoms with Crippen molar-refractivity contribution in [2.45, 2.75) is 12.5 Å². The van der Waals surface area contributed by atoms with Crippen LogP contribution in [0, 0.1) is 0 Å². The first-order chi connectivity index (χ1) is 12.5. The number of phenols is 1. The molecular weight excluding hydrogens is 370 g/mol. The second-order valence-corrected chi connectivity index (χ2v) is 7.35. The summed E-state index contributed by atoms with van der Waals surface area (Å²) in [6, 6.07) is 14.8. The fourth-order valence-electron chi connectivity index (χ4n) is 2.71. The Kier molecular flexibility index (Phi) is 5.39. The molecule has 1 heterocycles. The van der Waals surface area contributed by atoms with E-state index in [-0.39, 0.29) is 18.1 Å². The van der Waals surface area contributed by atoms with E-state index >= 15 is 0 Å². The van der Waals surface area contributed by atoms with Gasteiger partial charge < -0.3 is 10.2 Å². The van der Waals surface area contributed by atoms with E-state index in [1.807, 2.05) is 6.07 Å². The number of hydrogen-bond acceptors (Lipinski definition) is 5. The number of thiocarbonyl (C=S) groups is 1. The molecule has 1 aliphatic rings. The summed E-state index contributed by atoms with van der Waals surface area (Å²) in [4.78, 5) is 26.0. The topological polar surface area (TPSA) is 77.8 Å². The van der Waals surface area contributed by atoms with Crippen LogP contribution in [0.3, 0.4) is 0 Å². The second kappa shape index (κ2) is 7.72. The number of phenolic OH excluding ortho intramolecular Hbond substituents is 1. The summed E-state index contributed by atoms with van der Waals surface area (Å²) in [6.07, 6.45) is 1.40. The smallest absolute Gasteiger partial charge is 0.305 e. The number of benzene rings is 2. The van der Waals surface area contributed by atoms with Gasteiger partial charge in [0.1, 0.15) is 10.1 Å². The van der Waals surface area contributed by atoms with Gasteiger partial charge in [-0.15, -0.1) is 0 Å². The first-order valence-electron chi connectivity index (χ1n) is 7.78. The number of aliphatic carboxylic acids is 1. The fraction of sp³-hybridized carbons (Fsp3) is 0.105. The van der Waals surface area contributed by atoms with Gasteiger partial charge in [-0.2, -0.15) is 0 Å². The summed E-state index contributed by atoms with van der Waals surface area (Å²) >= 11 is 6.48. The fourth-order valence-corrected chi connectivity index (χ4v) is 4.07. The van der Waals surface area contributed by atoms with E-state index in [9.17, 15) is 19.8 Å². The molecule has 132 valence electrons. The van der Waals surface area contributed by atoms with Crippen molar-refractivity contribution in [2.75, 3.05) is 0 Å². The Morgan fingerprint density at radius 2 is 1.92 bits per heavy atom. The molecule has 2 N–H and O–H groups in total. The molecule has 0 saturated carbocycles. The van der Waals surface area contributed by atoms with Crippen LogP contribution in [0.2, 0.25) is 0 Å². The molecule has 0 bridgehead atoms. The summed E-state index contributed by atoms with van der Waals surface area (Å²) in [5.41, 5.74) is 1.38. The molecule has 1 saturated heterocycles. The van der Waals surface area contributed by atoms with Gasteiger partial charge in [-0.25, -0.2) is 0 Å². The summed E-state index contributed by atoms with van der Waals surface area (Å²) in [6.45, 7) is 0. The van der Waals surface area contributed by atoms with Gasteiger partial charge in [-0.1, -0.05) is 66.4 Å². The maximum atomic E-state index is 12.9. The van der Waals surface area contributed by atoms with Crippen LogP contribution in [0.1, 0.15) is 23.6 Å². The van der Waals surface area contributed by atoms with E-state index in [2.05, 4.69) is 0 Å². The van der Waals surface area contributed by atoms with Crippen LogP contribution >= 0.6 is 24.0 Å². The number of thioether (sulfide) groups is 1. The van der Waals surface area contributed by atoms with E-state index in [4.69, 9.17) is 12.2 Å². The molecule has 5 nitrogen and oxygen atoms in total. The monoisotopic (exact) mass is 385 g/mol. The number of amides is 1. The van der Waals surface area contributed by atoms with Crippen LogP contribution in [0.15, 0.2) is 59.5 Å². The lowest BCUT2D eigenvalue weighted by Gasteiger charge is -2.26. The average Bonchev–Trinajstić information content (AvgIpc) is 2.87. The molecule has 2 aromatic carbocycles. The molecule has 1 fully saturated rings. The number of aromatic hydroxyl groups is 1. The Bertz CT molecular complexity index is 895. The van der Waals surface area contributed by atoms with Crippen molar-refractivity contribution in [3.63, 3.8) is 0 Å². The van der Waals surface area contributed by atoms with Gasteiger partial charge in [0.2, 0.25) is 0 Å². The molecule has 1 atom stereocenters. The lowest BCUT2D eigenvalue weighted by Crippen LogP contribution is -2.34. The number of carboxylic acids is 1. The number of carbonyl (C=O) groups is 2. The van der Waals surface area contributed by atoms with Crippen molar-refractivity contribution in [1.82, 2.24) is 4.90 Å². The molecule has 0 aliphatic carbocycles. The minimum absolute atomic E-state index is 0.0993. The van der Waals surface area contributed by atoms with E-state index < -0.39 is 12.0 Å². The highest BCUT2D eigenvalue weighted by atomic mass is 32.2.